The van der Waals surface area contributed by atoms with Gasteiger partial charge in [-0.1, -0.05) is 0 Å². The van der Waals surface area contributed by atoms with Crippen LogP contribution in [0.3, 0.4) is 0 Å². The van der Waals surface area contributed by atoms with Gasteiger partial charge < -0.3 is 39.5 Å². The second kappa shape index (κ2) is 17.2. The Balaban J connectivity index is 0.00000106. The number of nitrogens with two attached hydrogens (primary N) is 1. The number of carboxylic acids is 2. The Bertz CT molecular complexity index is 1340. The van der Waals surface area contributed by atoms with Crippen molar-refractivity contribution in [1.82, 2.24) is 24.6 Å². The number of carboxylic acid groups (broad SMARTS) is 2. The average molecular weight is 647 g/mol. The summed E-state index contributed by atoms with van der Waals surface area (Å²) in [5.41, 5.74) is 6.05. The van der Waals surface area contributed by atoms with E-state index in [1.807, 2.05) is 0 Å². The lowest BCUT2D eigenvalue weighted by atomic mass is 10.2. The molecule has 5 N–H and O–H groups in total. The fourth-order valence-electron chi connectivity index (χ4n) is 2.97. The molecule has 2 rings (SSSR count). The molecule has 0 amide bonds. The Hall–Kier alpha value is -4.12. The van der Waals surface area contributed by atoms with E-state index in [1.54, 1.807) is 52.4 Å². The number of aliphatic carboxylic acids is 2. The first-order valence-electron chi connectivity index (χ1n) is 13.1. The monoisotopic (exact) mass is 646 g/mol. The fourth-order valence-corrected chi connectivity index (χ4v) is 4.56. The quantitative estimate of drug-likeness (QED) is 0.0995. The van der Waals surface area contributed by atoms with Crippen molar-refractivity contribution < 1.29 is 57.4 Å². The molecule has 0 saturated carbocycles. The molecular weight excluding hydrogens is 607 g/mol. The molecule has 0 spiro atoms. The fraction of sp³-hybridized carbons (Fsp3) is 0.560. The molecule has 18 nitrogen and oxygen atoms in total. The molecule has 0 aliphatic rings. The predicted octanol–water partition coefficient (Wildman–Crippen LogP) is 2.53. The Kier molecular flexibility index (Phi) is 14.9. The van der Waals surface area contributed by atoms with Crippen molar-refractivity contribution in [3.63, 3.8) is 0 Å². The Morgan fingerprint density at radius 3 is 2.23 bits per heavy atom. The summed E-state index contributed by atoms with van der Waals surface area (Å²) in [5, 5.41) is 18.3. The minimum atomic E-state index is -3.86. The highest BCUT2D eigenvalue weighted by molar-refractivity contribution is 7.56. The number of imidazole rings is 1. The highest BCUT2D eigenvalue weighted by Gasteiger charge is 2.32. The van der Waals surface area contributed by atoms with Gasteiger partial charge in [0.1, 0.15) is 29.8 Å². The lowest BCUT2D eigenvalue weighted by Crippen LogP contribution is -2.39. The van der Waals surface area contributed by atoms with Crippen LogP contribution in [-0.4, -0.2) is 90.8 Å². The van der Waals surface area contributed by atoms with E-state index in [1.165, 1.54) is 13.3 Å². The van der Waals surface area contributed by atoms with Crippen LogP contribution in [0, 0.1) is 0 Å². The number of rotatable bonds is 14. The zero-order chi connectivity index (χ0) is 33.7. The zero-order valence-corrected chi connectivity index (χ0v) is 26.3. The van der Waals surface area contributed by atoms with Gasteiger partial charge in [-0.05, 0) is 48.5 Å². The van der Waals surface area contributed by atoms with Gasteiger partial charge in [0.15, 0.2) is 11.5 Å². The van der Waals surface area contributed by atoms with Crippen LogP contribution in [0.25, 0.3) is 11.2 Å². The first-order valence-corrected chi connectivity index (χ1v) is 14.9. The van der Waals surface area contributed by atoms with Crippen molar-refractivity contribution in [2.45, 2.75) is 78.9 Å². The Morgan fingerprint density at radius 2 is 1.68 bits per heavy atom. The van der Waals surface area contributed by atoms with Crippen LogP contribution >= 0.6 is 7.52 Å². The number of hydrogen-bond acceptors (Lipinski definition) is 14. The third-order valence-electron chi connectivity index (χ3n) is 4.70. The molecule has 0 saturated heterocycles. The molecular formula is C25H39N6O12P. The number of nitrogens with zero attached hydrogens (tertiary/aromatic N) is 4. The molecule has 246 valence electrons. The number of nitrogen functional groups attached to an aromatic ring is 1. The van der Waals surface area contributed by atoms with Crippen molar-refractivity contribution in [1.29, 1.82) is 0 Å². The number of aromatic nitrogens is 4. The molecule has 0 fully saturated rings. The zero-order valence-electron chi connectivity index (χ0n) is 25.5. The normalized spacial score (nSPS) is 14.3. The molecule has 0 aliphatic carbocycles. The van der Waals surface area contributed by atoms with Crippen molar-refractivity contribution >= 4 is 48.6 Å². The van der Waals surface area contributed by atoms with E-state index in [0.717, 1.165) is 0 Å². The van der Waals surface area contributed by atoms with Crippen molar-refractivity contribution in [2.24, 2.45) is 0 Å². The molecule has 2 aromatic rings. The summed E-state index contributed by atoms with van der Waals surface area (Å²) in [6.07, 6.45) is 1.68. The number of hydrogen-bond donors (Lipinski definition) is 4. The summed E-state index contributed by atoms with van der Waals surface area (Å²) in [4.78, 5) is 55.4. The lowest BCUT2D eigenvalue weighted by molar-refractivity contribution is -0.156. The van der Waals surface area contributed by atoms with Crippen molar-refractivity contribution in [3.8, 4) is 0 Å². The number of esters is 1. The van der Waals surface area contributed by atoms with Gasteiger partial charge in [-0.3, -0.25) is 13.9 Å². The molecule has 3 atom stereocenters. The predicted molar refractivity (Wildman–Crippen MR) is 154 cm³/mol. The minimum absolute atomic E-state index is 0.251. The third kappa shape index (κ3) is 14.9. The van der Waals surface area contributed by atoms with Crippen LogP contribution in [0.4, 0.5) is 10.6 Å². The SMILES string of the molecule is CC(C)OC(=O)OCOP(=O)(CO[C@H](C)Cn1cnc2c(N)ncnc21)N[C@@H](C)C(=O)OC(C)(C)C.O=C(O)/C=C/C(=O)O. The summed E-state index contributed by atoms with van der Waals surface area (Å²) in [6.45, 7) is 11.3. The summed E-state index contributed by atoms with van der Waals surface area (Å²) in [7, 11) is -3.86. The van der Waals surface area contributed by atoms with E-state index >= 15 is 0 Å². The molecule has 0 aliphatic heterocycles. The molecule has 0 aromatic carbocycles. The number of ether oxygens (including phenoxy) is 4. The Morgan fingerprint density at radius 1 is 1.07 bits per heavy atom. The molecule has 0 bridgehead atoms. The van der Waals surface area contributed by atoms with Crippen LogP contribution < -0.4 is 10.8 Å². The summed E-state index contributed by atoms with van der Waals surface area (Å²) in [6, 6.07) is -1.01. The largest absolute Gasteiger partial charge is 0.510 e. The number of fused-ring (bicyclic) bond motifs is 1. The van der Waals surface area contributed by atoms with Crippen molar-refractivity contribution in [2.75, 3.05) is 18.9 Å². The van der Waals surface area contributed by atoms with Crippen LogP contribution in [0.15, 0.2) is 24.8 Å². The van der Waals surface area contributed by atoms with Gasteiger partial charge in [0, 0.05) is 12.2 Å². The smallest absolute Gasteiger partial charge is 0.478 e. The molecule has 44 heavy (non-hydrogen) atoms. The second-order valence-electron chi connectivity index (χ2n) is 10.3. The lowest BCUT2D eigenvalue weighted by Gasteiger charge is -2.26. The maximum absolute atomic E-state index is 13.5. The van der Waals surface area contributed by atoms with Gasteiger partial charge in [-0.2, -0.15) is 0 Å². The number of nitrogens with one attached hydrogen (secondary N) is 1. The topological polar surface area (TPSA) is 254 Å². The molecule has 0 radical (unpaired) electrons. The van der Waals surface area contributed by atoms with Crippen LogP contribution in [0.2, 0.25) is 0 Å². The van der Waals surface area contributed by atoms with Gasteiger partial charge >= 0.3 is 24.1 Å². The second-order valence-corrected chi connectivity index (χ2v) is 12.4. The van der Waals surface area contributed by atoms with E-state index in [9.17, 15) is 23.7 Å². The van der Waals surface area contributed by atoms with E-state index in [2.05, 4.69) is 20.0 Å². The highest BCUT2D eigenvalue weighted by Crippen LogP contribution is 2.43. The maximum atomic E-state index is 13.5. The van der Waals surface area contributed by atoms with Gasteiger partial charge in [-0.15, -0.1) is 0 Å². The first kappa shape index (κ1) is 37.9. The first-order chi connectivity index (χ1) is 20.3. The van der Waals surface area contributed by atoms with Gasteiger partial charge in [-0.25, -0.2) is 34.4 Å². The van der Waals surface area contributed by atoms with Gasteiger partial charge in [0.05, 0.1) is 25.1 Å². The van der Waals surface area contributed by atoms with E-state index < -0.39 is 68.6 Å². The molecule has 2 aromatic heterocycles. The van der Waals surface area contributed by atoms with E-state index in [0.29, 0.717) is 29.9 Å². The van der Waals surface area contributed by atoms with E-state index in [4.69, 9.17) is 39.4 Å². The van der Waals surface area contributed by atoms with Crippen LogP contribution in [-0.2, 0) is 49.0 Å². The summed E-state index contributed by atoms with van der Waals surface area (Å²) < 4.78 is 41.3. The van der Waals surface area contributed by atoms with Gasteiger partial charge in [0.2, 0.25) is 6.79 Å². The Labute approximate surface area is 253 Å². The van der Waals surface area contributed by atoms with Gasteiger partial charge in [0.25, 0.3) is 7.52 Å². The molecule has 1 unspecified atom stereocenters. The maximum Gasteiger partial charge on any atom is 0.510 e. The number of carbonyl (C=O) groups is 4. The summed E-state index contributed by atoms with van der Waals surface area (Å²) >= 11 is 0. The van der Waals surface area contributed by atoms with Crippen LogP contribution in [0.1, 0.15) is 48.5 Å². The standard InChI is InChI=1S/C21H35N6O8P.C4H4O4/c1-13(2)34-20(29)31-11-33-36(30,26-15(4)19(28)35-21(5,6)7)12-32-14(3)8-27-10-25-16-17(22)23-9-24-18(16)27;5-3(6)1-2-4(7)8/h9-10,13-15H,8,11-12H2,1-7H3,(H,26,30)(H2,22,23,24);1-2H,(H,5,6)(H,7,8)/b;2-1+/t14-,15+,36?;/m1./s1. The van der Waals surface area contributed by atoms with Crippen LogP contribution in [0.5, 0.6) is 0 Å². The average Bonchev–Trinajstić information content (AvgIpc) is 3.29. The minimum Gasteiger partial charge on any atom is -0.478 e. The number of carbonyl (C=O) groups excluding carboxylic acids is 2. The molecule has 2 heterocycles. The van der Waals surface area contributed by atoms with Crippen molar-refractivity contribution in [3.05, 3.63) is 24.8 Å². The number of anilines is 1. The highest BCUT2D eigenvalue weighted by atomic mass is 31.2. The third-order valence-corrected chi connectivity index (χ3v) is 6.49. The van der Waals surface area contributed by atoms with E-state index in [-0.39, 0.29) is 5.82 Å². The molecule has 19 heteroatoms. The summed E-state index contributed by atoms with van der Waals surface area (Å²) in [5.74, 6) is -2.90.